The van der Waals surface area contributed by atoms with Crippen molar-refractivity contribution in [3.05, 3.63) is 29.0 Å². The van der Waals surface area contributed by atoms with E-state index in [4.69, 9.17) is 10.2 Å². The molecule has 2 aromatic heterocycles. The Kier molecular flexibility index (Phi) is 8.41. The number of rotatable bonds is 4. The van der Waals surface area contributed by atoms with Gasteiger partial charge in [-0.3, -0.25) is 4.79 Å². The molecular weight excluding hydrogens is 381 g/mol. The Balaban J connectivity index is 0.00000156. The molecule has 0 aliphatic carbocycles. The summed E-state index contributed by atoms with van der Waals surface area (Å²) in [4.78, 5) is 19.1. The van der Waals surface area contributed by atoms with Gasteiger partial charge in [-0.1, -0.05) is 6.92 Å². The Morgan fingerprint density at radius 3 is 2.84 bits per heavy atom. The number of nitrogens with two attached hydrogens (primary N) is 1. The largest absolute Gasteiger partial charge is 0.459 e. The van der Waals surface area contributed by atoms with E-state index in [9.17, 15) is 4.79 Å². The van der Waals surface area contributed by atoms with Crippen molar-refractivity contribution in [2.45, 2.75) is 39.2 Å². The minimum Gasteiger partial charge on any atom is -0.459 e. The number of carbonyl (C=O) groups excluding carboxylic acids is 1. The van der Waals surface area contributed by atoms with Crippen LogP contribution < -0.4 is 5.73 Å². The third-order valence-corrected chi connectivity index (χ3v) is 5.31. The van der Waals surface area contributed by atoms with Crippen LogP contribution in [0.15, 0.2) is 21.9 Å². The maximum absolute atomic E-state index is 12.6. The van der Waals surface area contributed by atoms with E-state index < -0.39 is 0 Å². The van der Waals surface area contributed by atoms with Gasteiger partial charge in [0.25, 0.3) is 0 Å². The van der Waals surface area contributed by atoms with Crippen molar-refractivity contribution in [2.75, 3.05) is 13.1 Å². The van der Waals surface area contributed by atoms with Crippen molar-refractivity contribution in [1.82, 2.24) is 9.88 Å². The molecule has 8 heteroatoms. The highest BCUT2D eigenvalue weighted by molar-refractivity contribution is 7.13. The molecule has 3 heterocycles. The van der Waals surface area contributed by atoms with Crippen molar-refractivity contribution in [3.8, 4) is 10.8 Å². The monoisotopic (exact) mass is 405 g/mol. The van der Waals surface area contributed by atoms with Crippen molar-refractivity contribution in [2.24, 2.45) is 11.7 Å². The molecule has 1 amide bonds. The molecule has 0 bridgehead atoms. The van der Waals surface area contributed by atoms with Crippen LogP contribution in [0.4, 0.5) is 0 Å². The quantitative estimate of drug-likeness (QED) is 0.841. The molecule has 2 atom stereocenters. The lowest BCUT2D eigenvalue weighted by molar-refractivity contribution is -0.134. The Hall–Kier alpha value is -1.08. The Morgan fingerprint density at radius 1 is 1.44 bits per heavy atom. The molecule has 140 valence electrons. The molecule has 0 radical (unpaired) electrons. The van der Waals surface area contributed by atoms with E-state index in [1.54, 1.807) is 0 Å². The van der Waals surface area contributed by atoms with E-state index in [0.29, 0.717) is 18.9 Å². The first-order chi connectivity index (χ1) is 11.1. The maximum atomic E-state index is 12.6. The van der Waals surface area contributed by atoms with Crippen LogP contribution in [-0.4, -0.2) is 34.9 Å². The van der Waals surface area contributed by atoms with E-state index in [-0.39, 0.29) is 36.8 Å². The standard InChI is InChI=1S/C17H23N3O2S.2ClH/c1-11-5-6-20(14(7-11)9-18)16(21)8-13-10-23-17(19-13)15-4-3-12(2)22-15;;/h3-4,10-11,14H,5-9,18H2,1-2H3;2*1H. The highest BCUT2D eigenvalue weighted by Gasteiger charge is 2.29. The summed E-state index contributed by atoms with van der Waals surface area (Å²) in [5.74, 6) is 2.39. The highest BCUT2D eigenvalue weighted by Crippen LogP contribution is 2.27. The molecule has 2 aromatic rings. The van der Waals surface area contributed by atoms with Gasteiger partial charge in [0, 0.05) is 24.5 Å². The van der Waals surface area contributed by atoms with Crippen LogP contribution in [0, 0.1) is 12.8 Å². The van der Waals surface area contributed by atoms with Crippen molar-refractivity contribution >= 4 is 42.1 Å². The van der Waals surface area contributed by atoms with Crippen LogP contribution in [-0.2, 0) is 11.2 Å². The second kappa shape index (κ2) is 9.57. The zero-order valence-electron chi connectivity index (χ0n) is 14.4. The summed E-state index contributed by atoms with van der Waals surface area (Å²) < 4.78 is 5.59. The molecule has 1 aliphatic rings. The second-order valence-electron chi connectivity index (χ2n) is 6.34. The van der Waals surface area contributed by atoms with Gasteiger partial charge >= 0.3 is 0 Å². The van der Waals surface area contributed by atoms with Crippen LogP contribution in [0.3, 0.4) is 0 Å². The van der Waals surface area contributed by atoms with Gasteiger partial charge < -0.3 is 15.1 Å². The first-order valence-corrected chi connectivity index (χ1v) is 8.95. The van der Waals surface area contributed by atoms with Gasteiger partial charge in [0.05, 0.1) is 12.1 Å². The third-order valence-electron chi connectivity index (χ3n) is 4.41. The third kappa shape index (κ3) is 5.20. The molecular formula is C17H25Cl2N3O2S. The van der Waals surface area contributed by atoms with Crippen LogP contribution in [0.5, 0.6) is 0 Å². The fourth-order valence-electron chi connectivity index (χ4n) is 3.11. The van der Waals surface area contributed by atoms with Crippen LogP contribution >= 0.6 is 36.2 Å². The topological polar surface area (TPSA) is 72.4 Å². The Morgan fingerprint density at radius 2 is 2.20 bits per heavy atom. The smallest absolute Gasteiger partial charge is 0.228 e. The molecule has 2 N–H and O–H groups in total. The van der Waals surface area contributed by atoms with E-state index in [2.05, 4.69) is 11.9 Å². The molecule has 1 saturated heterocycles. The lowest BCUT2D eigenvalue weighted by atomic mass is 9.92. The second-order valence-corrected chi connectivity index (χ2v) is 7.20. The summed E-state index contributed by atoms with van der Waals surface area (Å²) >= 11 is 1.51. The Bertz CT molecular complexity index is 689. The minimum absolute atomic E-state index is 0. The van der Waals surface area contributed by atoms with Crippen LogP contribution in [0.25, 0.3) is 10.8 Å². The number of hydrogen-bond donors (Lipinski definition) is 1. The van der Waals surface area contributed by atoms with E-state index >= 15 is 0 Å². The summed E-state index contributed by atoms with van der Waals surface area (Å²) in [6.45, 7) is 5.47. The fourth-order valence-corrected chi connectivity index (χ4v) is 3.89. The lowest BCUT2D eigenvalue weighted by Crippen LogP contribution is -2.49. The summed E-state index contributed by atoms with van der Waals surface area (Å²) in [5.41, 5.74) is 6.65. The number of hydrogen-bond acceptors (Lipinski definition) is 5. The SMILES string of the molecule is Cc1ccc(-c2nc(CC(=O)N3CCC(C)CC3CN)cs2)o1.Cl.Cl. The first-order valence-electron chi connectivity index (χ1n) is 8.07. The predicted octanol–water partition coefficient (Wildman–Crippen LogP) is 3.68. The average molecular weight is 406 g/mol. The summed E-state index contributed by atoms with van der Waals surface area (Å²) in [7, 11) is 0. The van der Waals surface area contributed by atoms with Crippen molar-refractivity contribution in [3.63, 3.8) is 0 Å². The molecule has 3 rings (SSSR count). The molecule has 1 fully saturated rings. The van der Waals surface area contributed by atoms with E-state index in [1.807, 2.05) is 29.3 Å². The number of likely N-dealkylation sites (tertiary alicyclic amines) is 1. The number of furan rings is 1. The molecule has 2 unspecified atom stereocenters. The van der Waals surface area contributed by atoms with E-state index in [1.165, 1.54) is 11.3 Å². The van der Waals surface area contributed by atoms with Gasteiger partial charge in [0.2, 0.25) is 5.91 Å². The van der Waals surface area contributed by atoms with Gasteiger partial charge in [0.1, 0.15) is 5.76 Å². The van der Waals surface area contributed by atoms with Gasteiger partial charge in [0.15, 0.2) is 10.8 Å². The highest BCUT2D eigenvalue weighted by atomic mass is 35.5. The molecule has 0 aromatic carbocycles. The minimum atomic E-state index is 0. The molecule has 0 spiro atoms. The summed E-state index contributed by atoms with van der Waals surface area (Å²) in [6.07, 6.45) is 2.38. The van der Waals surface area contributed by atoms with E-state index in [0.717, 1.165) is 41.6 Å². The number of aromatic nitrogens is 1. The molecule has 5 nitrogen and oxygen atoms in total. The number of aryl methyl sites for hydroxylation is 1. The van der Waals surface area contributed by atoms with Crippen LogP contribution in [0.2, 0.25) is 0 Å². The number of amides is 1. The number of carbonyl (C=O) groups is 1. The summed E-state index contributed by atoms with van der Waals surface area (Å²) in [6, 6.07) is 4.00. The van der Waals surface area contributed by atoms with Crippen LogP contribution in [0.1, 0.15) is 31.2 Å². The molecule has 0 saturated carbocycles. The molecule has 25 heavy (non-hydrogen) atoms. The summed E-state index contributed by atoms with van der Waals surface area (Å²) in [5, 5.41) is 2.76. The predicted molar refractivity (Wildman–Crippen MR) is 106 cm³/mol. The van der Waals surface area contributed by atoms with Crippen molar-refractivity contribution < 1.29 is 9.21 Å². The van der Waals surface area contributed by atoms with Gasteiger partial charge in [-0.05, 0) is 37.8 Å². The number of halogens is 2. The zero-order chi connectivity index (χ0) is 16.4. The number of piperidine rings is 1. The number of nitrogens with zero attached hydrogens (tertiary/aromatic N) is 2. The zero-order valence-corrected chi connectivity index (χ0v) is 16.9. The lowest BCUT2D eigenvalue weighted by Gasteiger charge is -2.38. The average Bonchev–Trinajstić information content (AvgIpc) is 3.15. The number of thiazole rings is 1. The Labute approximate surface area is 164 Å². The van der Waals surface area contributed by atoms with Gasteiger partial charge in [-0.25, -0.2) is 4.98 Å². The van der Waals surface area contributed by atoms with Crippen molar-refractivity contribution in [1.29, 1.82) is 0 Å². The fraction of sp³-hybridized carbons (Fsp3) is 0.529. The van der Waals surface area contributed by atoms with Gasteiger partial charge in [-0.15, -0.1) is 36.2 Å². The molecule has 1 aliphatic heterocycles. The normalized spacial score (nSPS) is 19.9. The van der Waals surface area contributed by atoms with Gasteiger partial charge in [-0.2, -0.15) is 0 Å². The maximum Gasteiger partial charge on any atom is 0.228 e. The first kappa shape index (κ1) is 22.0.